The Labute approximate surface area is 178 Å². The number of benzene rings is 1. The minimum atomic E-state index is -4.66. The van der Waals surface area contributed by atoms with Crippen molar-refractivity contribution in [2.45, 2.75) is 11.3 Å². The maximum absolute atomic E-state index is 13.3. The molecule has 11 heteroatoms. The smallest absolute Gasteiger partial charge is 0.433 e. The lowest BCUT2D eigenvalue weighted by molar-refractivity contribution is -0.141. The van der Waals surface area contributed by atoms with Crippen LogP contribution in [0.15, 0.2) is 53.8 Å². The summed E-state index contributed by atoms with van der Waals surface area (Å²) in [6.07, 6.45) is -3.20. The summed E-state index contributed by atoms with van der Waals surface area (Å²) in [7, 11) is 1.49. The quantitative estimate of drug-likeness (QED) is 0.322. The summed E-state index contributed by atoms with van der Waals surface area (Å²) in [6, 6.07) is 10.4. The van der Waals surface area contributed by atoms with Gasteiger partial charge in [-0.1, -0.05) is 23.4 Å². The van der Waals surface area contributed by atoms with Crippen LogP contribution in [-0.4, -0.2) is 33.7 Å². The number of anilines is 1. The lowest BCUT2D eigenvalue weighted by Gasteiger charge is -2.11. The highest BCUT2D eigenvalue weighted by molar-refractivity contribution is 7.99. The highest BCUT2D eigenvalue weighted by Gasteiger charge is 2.34. The van der Waals surface area contributed by atoms with E-state index in [1.165, 1.54) is 13.3 Å². The van der Waals surface area contributed by atoms with Gasteiger partial charge in [-0.25, -0.2) is 15.0 Å². The minimum Gasteiger partial charge on any atom is -0.497 e. The number of nitrogens with zero attached hydrogens (tertiary/aromatic N) is 3. The lowest BCUT2D eigenvalue weighted by Crippen LogP contribution is -2.15. The molecule has 3 rings (SSSR count). The maximum atomic E-state index is 13.3. The third kappa shape index (κ3) is 5.61. The Kier molecular flexibility index (Phi) is 6.78. The molecule has 30 heavy (non-hydrogen) atoms. The molecule has 2 aromatic heterocycles. The van der Waals surface area contributed by atoms with E-state index in [9.17, 15) is 18.0 Å². The van der Waals surface area contributed by atoms with Crippen LogP contribution in [0, 0.1) is 0 Å². The minimum absolute atomic E-state index is 0.0817. The van der Waals surface area contributed by atoms with Crippen molar-refractivity contribution in [3.05, 3.63) is 59.5 Å². The Bertz CT molecular complexity index is 1050. The highest BCUT2D eigenvalue weighted by Crippen LogP contribution is 2.32. The van der Waals surface area contributed by atoms with E-state index < -0.39 is 17.8 Å². The second kappa shape index (κ2) is 9.31. The number of pyridine rings is 1. The van der Waals surface area contributed by atoms with Gasteiger partial charge in [0.15, 0.2) is 10.3 Å². The van der Waals surface area contributed by atoms with Crippen LogP contribution in [0.1, 0.15) is 5.69 Å². The Hall–Kier alpha value is -2.85. The number of ether oxygens (including phenoxy) is 1. The van der Waals surface area contributed by atoms with Gasteiger partial charge in [0, 0.05) is 11.8 Å². The highest BCUT2D eigenvalue weighted by atomic mass is 35.5. The molecule has 156 valence electrons. The van der Waals surface area contributed by atoms with E-state index in [2.05, 4.69) is 20.3 Å². The van der Waals surface area contributed by atoms with E-state index >= 15 is 0 Å². The van der Waals surface area contributed by atoms with Crippen molar-refractivity contribution in [2.75, 3.05) is 18.2 Å². The Balaban J connectivity index is 1.81. The fourth-order valence-corrected chi connectivity index (χ4v) is 3.16. The van der Waals surface area contributed by atoms with Crippen molar-refractivity contribution < 1.29 is 22.7 Å². The molecule has 2 heterocycles. The van der Waals surface area contributed by atoms with Crippen LogP contribution in [0.25, 0.3) is 11.3 Å². The lowest BCUT2D eigenvalue weighted by atomic mass is 10.1. The monoisotopic (exact) mass is 454 g/mol. The molecule has 1 aromatic carbocycles. The van der Waals surface area contributed by atoms with Gasteiger partial charge in [0.25, 0.3) is 0 Å². The number of carbonyl (C=O) groups excluding carboxylic acids is 1. The van der Waals surface area contributed by atoms with Crippen molar-refractivity contribution in [1.29, 1.82) is 0 Å². The third-order valence-electron chi connectivity index (χ3n) is 3.75. The Morgan fingerprint density at radius 1 is 1.20 bits per heavy atom. The van der Waals surface area contributed by atoms with Gasteiger partial charge in [-0.15, -0.1) is 0 Å². The molecule has 0 aliphatic rings. The first-order valence-corrected chi connectivity index (χ1v) is 9.76. The molecule has 0 saturated heterocycles. The predicted octanol–water partition coefficient (Wildman–Crippen LogP) is 4.95. The molecule has 0 fully saturated rings. The van der Waals surface area contributed by atoms with Crippen molar-refractivity contribution in [1.82, 2.24) is 15.0 Å². The summed E-state index contributed by atoms with van der Waals surface area (Å²) in [5.41, 5.74) is -0.259. The number of rotatable bonds is 6. The molecular formula is C19H14ClF3N4O2S. The van der Waals surface area contributed by atoms with Gasteiger partial charge in [-0.3, -0.25) is 4.79 Å². The van der Waals surface area contributed by atoms with Crippen LogP contribution in [0.5, 0.6) is 5.75 Å². The van der Waals surface area contributed by atoms with Gasteiger partial charge in [-0.2, -0.15) is 13.2 Å². The average molecular weight is 455 g/mol. The molecule has 0 radical (unpaired) electrons. The number of thioether (sulfide) groups is 1. The zero-order valence-electron chi connectivity index (χ0n) is 15.4. The first-order valence-electron chi connectivity index (χ1n) is 8.40. The van der Waals surface area contributed by atoms with Gasteiger partial charge < -0.3 is 10.1 Å². The summed E-state index contributed by atoms with van der Waals surface area (Å²) in [5.74, 6) is -0.139. The Morgan fingerprint density at radius 3 is 2.57 bits per heavy atom. The SMILES string of the molecule is COc1ccc(-c2cc(C(F)(F)F)nc(SCC(=O)Nc3cccnc3Cl)n2)cc1. The summed E-state index contributed by atoms with van der Waals surface area (Å²) in [6.45, 7) is 0. The Morgan fingerprint density at radius 2 is 1.93 bits per heavy atom. The number of methoxy groups -OCH3 is 1. The molecule has 0 atom stereocenters. The van der Waals surface area contributed by atoms with Gasteiger partial charge >= 0.3 is 6.18 Å². The normalized spacial score (nSPS) is 11.2. The van der Waals surface area contributed by atoms with E-state index in [0.29, 0.717) is 17.0 Å². The number of nitrogens with one attached hydrogen (secondary N) is 1. The fourth-order valence-electron chi connectivity index (χ4n) is 2.34. The number of aromatic nitrogens is 3. The number of amides is 1. The molecule has 0 bridgehead atoms. The third-order valence-corrected chi connectivity index (χ3v) is 4.90. The molecular weight excluding hydrogens is 441 g/mol. The van der Waals surface area contributed by atoms with E-state index in [1.807, 2.05) is 0 Å². The van der Waals surface area contributed by atoms with Crippen LogP contribution in [0.2, 0.25) is 5.15 Å². The van der Waals surface area contributed by atoms with E-state index in [0.717, 1.165) is 17.8 Å². The topological polar surface area (TPSA) is 77.0 Å². The van der Waals surface area contributed by atoms with E-state index in [1.54, 1.807) is 36.4 Å². The number of hydrogen-bond donors (Lipinski definition) is 1. The zero-order chi connectivity index (χ0) is 21.7. The second-order valence-corrected chi connectivity index (χ2v) is 7.13. The van der Waals surface area contributed by atoms with Crippen LogP contribution >= 0.6 is 23.4 Å². The number of carbonyl (C=O) groups is 1. The standard InChI is InChI=1S/C19H14ClF3N4O2S/c1-29-12-6-4-11(5-7-12)14-9-15(19(21,22)23)27-18(26-14)30-10-16(28)25-13-3-2-8-24-17(13)20/h2-9H,10H2,1H3,(H,25,28). The van der Waals surface area contributed by atoms with E-state index in [4.69, 9.17) is 16.3 Å². The van der Waals surface area contributed by atoms with Gasteiger partial charge in [0.05, 0.1) is 24.2 Å². The van der Waals surface area contributed by atoms with Crippen molar-refractivity contribution >= 4 is 35.0 Å². The molecule has 0 aliphatic heterocycles. The molecule has 6 nitrogen and oxygen atoms in total. The maximum Gasteiger partial charge on any atom is 0.433 e. The largest absolute Gasteiger partial charge is 0.497 e. The van der Waals surface area contributed by atoms with Crippen molar-refractivity contribution in [3.63, 3.8) is 0 Å². The van der Waals surface area contributed by atoms with Crippen LogP contribution in [0.3, 0.4) is 0 Å². The van der Waals surface area contributed by atoms with Crippen LogP contribution in [0.4, 0.5) is 18.9 Å². The first kappa shape index (κ1) is 21.8. The molecule has 3 aromatic rings. The molecule has 0 unspecified atom stereocenters. The van der Waals surface area contributed by atoms with Crippen molar-refractivity contribution in [3.8, 4) is 17.0 Å². The number of halogens is 4. The summed E-state index contributed by atoms with van der Waals surface area (Å²) in [4.78, 5) is 23.7. The second-order valence-electron chi connectivity index (χ2n) is 5.83. The molecule has 0 spiro atoms. The molecule has 1 amide bonds. The average Bonchev–Trinajstić information content (AvgIpc) is 2.73. The summed E-state index contributed by atoms with van der Waals surface area (Å²) < 4.78 is 44.9. The first-order chi connectivity index (χ1) is 14.3. The van der Waals surface area contributed by atoms with Crippen LogP contribution < -0.4 is 10.1 Å². The van der Waals surface area contributed by atoms with Gasteiger partial charge in [0.1, 0.15) is 11.4 Å². The van der Waals surface area contributed by atoms with Crippen LogP contribution in [-0.2, 0) is 11.0 Å². The molecule has 0 saturated carbocycles. The van der Waals surface area contributed by atoms with Crippen molar-refractivity contribution in [2.24, 2.45) is 0 Å². The summed E-state index contributed by atoms with van der Waals surface area (Å²) in [5, 5.41) is 2.47. The number of alkyl halides is 3. The summed E-state index contributed by atoms with van der Waals surface area (Å²) >= 11 is 6.65. The zero-order valence-corrected chi connectivity index (χ0v) is 17.0. The fraction of sp³-hybridized carbons (Fsp3) is 0.158. The predicted molar refractivity (Wildman–Crippen MR) is 108 cm³/mol. The van der Waals surface area contributed by atoms with Gasteiger partial charge in [-0.05, 0) is 42.5 Å². The van der Waals surface area contributed by atoms with Gasteiger partial charge in [0.2, 0.25) is 5.91 Å². The molecule has 0 aliphatic carbocycles. The number of hydrogen-bond acceptors (Lipinski definition) is 6. The molecule has 1 N–H and O–H groups in total. The van der Waals surface area contributed by atoms with E-state index in [-0.39, 0.29) is 21.8 Å².